The molecule has 123 valence electrons. The summed E-state index contributed by atoms with van der Waals surface area (Å²) >= 11 is 0. The third-order valence-corrected chi connectivity index (χ3v) is 5.80. The third kappa shape index (κ3) is 4.66. The SMILES string of the molecule is O=C(O)C(CC[NH][Rf])C(O)CCc1ccc(-c2ccccc2)cc1. The van der Waals surface area contributed by atoms with Crippen molar-refractivity contribution in [1.29, 1.82) is 0 Å². The molecule has 2 atom stereocenters. The Morgan fingerprint density at radius 1 is 1.00 bits per heavy atom. The van der Waals surface area contributed by atoms with Gasteiger partial charge in [0.2, 0.25) is 0 Å². The molecule has 4 nitrogen and oxygen atoms in total. The number of aliphatic hydroxyl groups excluding tert-OH is 1. The van der Waals surface area contributed by atoms with E-state index in [0.717, 1.165) is 11.1 Å². The molecule has 0 aliphatic carbocycles. The van der Waals surface area contributed by atoms with Crippen molar-refractivity contribution in [2.24, 2.45) is 5.92 Å². The van der Waals surface area contributed by atoms with Crippen molar-refractivity contribution in [3.63, 3.8) is 0 Å². The molecule has 2 rings (SSSR count). The van der Waals surface area contributed by atoms with E-state index in [4.69, 9.17) is 0 Å². The van der Waals surface area contributed by atoms with Crippen molar-refractivity contribution >= 4 is 5.97 Å². The molecule has 0 aliphatic heterocycles. The molecule has 0 radical (unpaired) electrons. The van der Waals surface area contributed by atoms with Crippen molar-refractivity contribution in [2.45, 2.75) is 25.4 Å². The van der Waals surface area contributed by atoms with E-state index in [1.807, 2.05) is 30.3 Å². The summed E-state index contributed by atoms with van der Waals surface area (Å²) < 4.78 is 0.354. The Kier molecular flexibility index (Phi) is 6.06. The van der Waals surface area contributed by atoms with Crippen LogP contribution in [-0.2, 0) is 11.2 Å². The van der Waals surface area contributed by atoms with Crippen molar-refractivity contribution in [2.75, 3.05) is 6.54 Å². The summed E-state index contributed by atoms with van der Waals surface area (Å²) in [6.07, 6.45) is 0.823. The van der Waals surface area contributed by atoms with Crippen molar-refractivity contribution in [3.8, 4) is 11.1 Å². The van der Waals surface area contributed by atoms with Crippen molar-refractivity contribution in [1.82, 2.24) is 5.73 Å². The predicted octanol–water partition coefficient (Wildman–Crippen LogP) is 2.79. The van der Waals surface area contributed by atoms with Crippen LogP contribution in [0.5, 0.6) is 0 Å². The topological polar surface area (TPSA) is 69.6 Å². The molecule has 2 aromatic carbocycles. The van der Waals surface area contributed by atoms with Gasteiger partial charge in [0.1, 0.15) is 0 Å². The Morgan fingerprint density at radius 2 is 1.62 bits per heavy atom. The second-order valence-corrected chi connectivity index (χ2v) is 8.16. The zero-order valence-corrected chi connectivity index (χ0v) is 20.1. The van der Waals surface area contributed by atoms with E-state index in [1.54, 1.807) is 0 Å². The fourth-order valence-corrected chi connectivity index (χ4v) is 3.67. The van der Waals surface area contributed by atoms with E-state index in [-0.39, 0.29) is 0 Å². The Bertz CT molecular complexity index is 631. The molecular formula is C19H22NO3Rf. The summed E-state index contributed by atoms with van der Waals surface area (Å²) in [5.41, 5.74) is 6.58. The Hall–Kier alpha value is -3.17. The minimum absolute atomic E-state index is 0.354. The number of aliphatic hydroxyl groups is 1. The molecule has 0 saturated carbocycles. The van der Waals surface area contributed by atoms with Gasteiger partial charge >= 0.3 is 105 Å². The first-order valence-corrected chi connectivity index (χ1v) is 11.4. The first-order valence-electron chi connectivity index (χ1n) is 8.17. The van der Waals surface area contributed by atoms with Crippen LogP contribution in [0.25, 0.3) is 11.1 Å². The molecule has 0 amide bonds. The van der Waals surface area contributed by atoms with Gasteiger partial charge in [0.25, 0.3) is 0 Å². The number of aryl methyl sites for hydroxylation is 1. The van der Waals surface area contributed by atoms with Gasteiger partial charge in [-0.05, 0) is 0 Å². The van der Waals surface area contributed by atoms with Crippen LogP contribution < -0.4 is 5.73 Å². The van der Waals surface area contributed by atoms with Gasteiger partial charge < -0.3 is 0 Å². The number of carbonyl (C=O) groups is 1. The van der Waals surface area contributed by atoms with Crippen LogP contribution in [0.15, 0.2) is 54.6 Å². The molecule has 2 aromatic rings. The van der Waals surface area contributed by atoms with Crippen LogP contribution in [0.3, 0.4) is 0 Å². The van der Waals surface area contributed by atoms with E-state index in [0.29, 0.717) is 25.8 Å². The first-order chi connectivity index (χ1) is 11.6. The molecule has 0 bridgehead atoms. The molecule has 5 heteroatoms. The zero-order chi connectivity index (χ0) is 17.4. The minimum atomic E-state index is -0.910. The van der Waals surface area contributed by atoms with Gasteiger partial charge in [-0.25, -0.2) is 0 Å². The van der Waals surface area contributed by atoms with Crippen LogP contribution >= 0.6 is 0 Å². The number of aliphatic carboxylic acids is 1. The second-order valence-electron chi connectivity index (χ2n) is 5.90. The summed E-state index contributed by atoms with van der Waals surface area (Å²) in [5, 5.41) is 19.5. The average Bonchev–Trinajstić information content (AvgIpc) is 2.61. The van der Waals surface area contributed by atoms with Gasteiger partial charge in [0.05, 0.1) is 0 Å². The van der Waals surface area contributed by atoms with Crippen molar-refractivity contribution in [3.05, 3.63) is 60.2 Å². The molecule has 0 heterocycles. The van der Waals surface area contributed by atoms with E-state index in [1.165, 1.54) is 5.56 Å². The number of benzene rings is 2. The predicted molar refractivity (Wildman–Crippen MR) is 90.0 cm³/mol. The van der Waals surface area contributed by atoms with Gasteiger partial charge in [-0.2, -0.15) is 0 Å². The van der Waals surface area contributed by atoms with E-state index >= 15 is 0 Å². The monoisotopic (exact) mass is 579 g/mol. The van der Waals surface area contributed by atoms with E-state index in [9.17, 15) is 15.0 Å². The second kappa shape index (κ2) is 8.46. The molecule has 0 fully saturated rings. The molecule has 2 unspecified atom stereocenters. The number of carboxylic acid groups (broad SMARTS) is 1. The van der Waals surface area contributed by atoms with Gasteiger partial charge in [0.15, 0.2) is 0 Å². The summed E-state index contributed by atoms with van der Waals surface area (Å²) in [6, 6.07) is 18.4. The van der Waals surface area contributed by atoms with Crippen LogP contribution in [0.2, 0.25) is 0 Å². The van der Waals surface area contributed by atoms with Gasteiger partial charge in [0, 0.05) is 0 Å². The number of nitrogens with one attached hydrogen (secondary N) is 1. The number of hydrogen-bond donors (Lipinski definition) is 3. The summed E-state index contributed by atoms with van der Waals surface area (Å²) in [5.74, 6) is -1.60. The molecular weight excluding hydrogens is 557 g/mol. The summed E-state index contributed by atoms with van der Waals surface area (Å²) in [7, 11) is 0. The molecule has 24 heavy (non-hydrogen) atoms. The Balaban J connectivity index is 1.92. The Labute approximate surface area is 136 Å². The standard InChI is InChI=1S/C19H22NO3.Rf/c20-13-12-17(19(22)23)18(21)11-8-14-6-9-16(10-7-14)15-4-2-1-3-5-15;/h1-7,9-10,17-18,20-21H,8,11-13H2,(H,22,23);/q-1;+1. The molecule has 0 spiro atoms. The van der Waals surface area contributed by atoms with Crippen molar-refractivity contribution < 1.29 is 15.0 Å². The zero-order valence-electron chi connectivity index (χ0n) is 13.7. The number of carboxylic acids is 1. The fraction of sp³-hybridized carbons (Fsp3) is 0.316. The van der Waals surface area contributed by atoms with E-state index < -0.39 is 18.0 Å². The Morgan fingerprint density at radius 3 is 2.21 bits per heavy atom. The van der Waals surface area contributed by atoms with Gasteiger partial charge in [-0.1, -0.05) is 30.3 Å². The van der Waals surface area contributed by atoms with Crippen LogP contribution in [0, 0.1) is 5.92 Å². The number of rotatable bonds is 9. The van der Waals surface area contributed by atoms with Gasteiger partial charge in [-0.15, -0.1) is 0 Å². The molecule has 0 aliphatic rings. The summed E-state index contributed by atoms with van der Waals surface area (Å²) in [6.45, 7) is 0.676. The summed E-state index contributed by atoms with van der Waals surface area (Å²) in [4.78, 5) is 11.3. The third-order valence-electron chi connectivity index (χ3n) is 4.20. The maximum atomic E-state index is 11.3. The number of hydrogen-bond acceptors (Lipinski definition) is 3. The quantitative estimate of drug-likeness (QED) is 0.428. The van der Waals surface area contributed by atoms with E-state index in [2.05, 4.69) is 30.0 Å². The van der Waals surface area contributed by atoms with Crippen LogP contribution in [0.4, 0.5) is 0 Å². The van der Waals surface area contributed by atoms with Gasteiger partial charge in [-0.3, -0.25) is 0 Å². The maximum absolute atomic E-state index is 11.3. The fourth-order valence-electron chi connectivity index (χ4n) is 2.75. The first kappa shape index (κ1) is 17.2. The van der Waals surface area contributed by atoms with Crippen LogP contribution in [-0.4, -0.2) is 28.8 Å². The normalized spacial score (nSPS) is 13.5. The molecule has 0 saturated heterocycles. The van der Waals surface area contributed by atoms with Crippen LogP contribution in [0.1, 0.15) is 18.4 Å². The molecule has 0 aromatic heterocycles. The molecule has 3 N–H and O–H groups in total. The average molecular weight is 579 g/mol.